The van der Waals surface area contributed by atoms with E-state index in [1.807, 2.05) is 54.6 Å². The highest BCUT2D eigenvalue weighted by Gasteiger charge is 2.31. The number of nitrogens with zero attached hydrogens (tertiary/aromatic N) is 4. The summed E-state index contributed by atoms with van der Waals surface area (Å²) in [4.78, 5) is 18.0. The fraction of sp³-hybridized carbons (Fsp3) is 0.308. The third-order valence-corrected chi connectivity index (χ3v) is 6.83. The first-order valence-electron chi connectivity index (χ1n) is 11.2. The molecule has 0 saturated heterocycles. The Labute approximate surface area is 197 Å². The molecule has 0 atom stereocenters. The van der Waals surface area contributed by atoms with Gasteiger partial charge in [-0.25, -0.2) is 4.79 Å². The van der Waals surface area contributed by atoms with Crippen LogP contribution in [0, 0.1) is 0 Å². The number of aromatic nitrogens is 4. The largest absolute Gasteiger partial charge is 0.465 e. The minimum atomic E-state index is -0.380. The monoisotopic (exact) mass is 458 g/mol. The molecular formula is C26H26N4O2S. The Bertz CT molecular complexity index is 1310. The number of benzene rings is 2. The summed E-state index contributed by atoms with van der Waals surface area (Å²) in [6, 6.07) is 18.4. The highest BCUT2D eigenvalue weighted by Crippen LogP contribution is 2.41. The van der Waals surface area contributed by atoms with Crippen molar-refractivity contribution in [3.05, 3.63) is 71.7 Å². The van der Waals surface area contributed by atoms with E-state index in [1.165, 1.54) is 7.11 Å². The van der Waals surface area contributed by atoms with E-state index in [-0.39, 0.29) is 5.97 Å². The lowest BCUT2D eigenvalue weighted by molar-refractivity contribution is 0.0600. The number of carbonyl (C=O) groups is 1. The van der Waals surface area contributed by atoms with Crippen LogP contribution in [-0.2, 0) is 10.5 Å². The third kappa shape index (κ3) is 4.13. The van der Waals surface area contributed by atoms with Crippen molar-refractivity contribution in [2.75, 3.05) is 7.11 Å². The molecule has 0 radical (unpaired) electrons. The minimum absolute atomic E-state index is 0.307. The summed E-state index contributed by atoms with van der Waals surface area (Å²) in [5.41, 5.74) is 3.88. The van der Waals surface area contributed by atoms with Crippen molar-refractivity contribution in [1.82, 2.24) is 19.7 Å². The molecular weight excluding hydrogens is 432 g/mol. The van der Waals surface area contributed by atoms with E-state index in [0.717, 1.165) is 45.9 Å². The molecule has 0 unspecified atom stereocenters. The van der Waals surface area contributed by atoms with Gasteiger partial charge in [-0.05, 0) is 24.5 Å². The molecule has 7 heteroatoms. The molecule has 6 nitrogen and oxygen atoms in total. The van der Waals surface area contributed by atoms with Gasteiger partial charge < -0.3 is 9.30 Å². The van der Waals surface area contributed by atoms with Crippen LogP contribution >= 0.6 is 11.8 Å². The Morgan fingerprint density at radius 3 is 2.52 bits per heavy atom. The van der Waals surface area contributed by atoms with E-state index in [9.17, 15) is 4.79 Å². The molecule has 2 heterocycles. The number of rotatable bonds is 7. The van der Waals surface area contributed by atoms with Gasteiger partial charge in [0.2, 0.25) is 0 Å². The van der Waals surface area contributed by atoms with Crippen molar-refractivity contribution in [2.45, 2.75) is 49.6 Å². The SMILES string of the molecule is COC(=O)c1c(CSc2nnc(C(C)C)n2C2CC2)nc2ccccc2c1-c1ccccc1. The molecule has 1 aliphatic carbocycles. The van der Waals surface area contributed by atoms with Crippen LogP contribution in [0.3, 0.4) is 0 Å². The second-order valence-corrected chi connectivity index (χ2v) is 9.51. The van der Waals surface area contributed by atoms with Crippen molar-refractivity contribution in [1.29, 1.82) is 0 Å². The Morgan fingerprint density at radius 2 is 1.82 bits per heavy atom. The summed E-state index contributed by atoms with van der Waals surface area (Å²) in [7, 11) is 1.42. The van der Waals surface area contributed by atoms with Crippen LogP contribution in [0.25, 0.3) is 22.0 Å². The second-order valence-electron chi connectivity index (χ2n) is 8.57. The highest BCUT2D eigenvalue weighted by atomic mass is 32.2. The molecule has 2 aromatic carbocycles. The van der Waals surface area contributed by atoms with E-state index in [0.29, 0.717) is 29.0 Å². The topological polar surface area (TPSA) is 69.9 Å². The fourth-order valence-corrected chi connectivity index (χ4v) is 5.14. The molecule has 0 spiro atoms. The van der Waals surface area contributed by atoms with Crippen LogP contribution in [0.5, 0.6) is 0 Å². The van der Waals surface area contributed by atoms with Gasteiger partial charge >= 0.3 is 5.97 Å². The van der Waals surface area contributed by atoms with Gasteiger partial charge in [0, 0.05) is 28.7 Å². The molecule has 0 N–H and O–H groups in total. The number of esters is 1. The van der Waals surface area contributed by atoms with Crippen molar-refractivity contribution in [3.63, 3.8) is 0 Å². The smallest absolute Gasteiger partial charge is 0.340 e. The molecule has 5 rings (SSSR count). The third-order valence-electron chi connectivity index (χ3n) is 5.88. The van der Waals surface area contributed by atoms with Gasteiger partial charge in [0.1, 0.15) is 5.82 Å². The maximum atomic E-state index is 13.1. The van der Waals surface area contributed by atoms with E-state index >= 15 is 0 Å². The van der Waals surface area contributed by atoms with Gasteiger partial charge in [0.15, 0.2) is 5.16 Å². The van der Waals surface area contributed by atoms with Crippen LogP contribution in [-0.4, -0.2) is 32.8 Å². The molecule has 4 aromatic rings. The molecule has 1 aliphatic rings. The summed E-state index contributed by atoms with van der Waals surface area (Å²) >= 11 is 1.58. The van der Waals surface area contributed by atoms with Crippen LogP contribution in [0.4, 0.5) is 0 Å². The molecule has 33 heavy (non-hydrogen) atoms. The zero-order valence-corrected chi connectivity index (χ0v) is 19.8. The van der Waals surface area contributed by atoms with E-state index in [4.69, 9.17) is 9.72 Å². The number of thioether (sulfide) groups is 1. The van der Waals surface area contributed by atoms with Crippen molar-refractivity contribution < 1.29 is 9.53 Å². The molecule has 0 aliphatic heterocycles. The molecule has 0 bridgehead atoms. The number of hydrogen-bond donors (Lipinski definition) is 0. The normalized spacial score (nSPS) is 13.6. The lowest BCUT2D eigenvalue weighted by Crippen LogP contribution is -2.11. The summed E-state index contributed by atoms with van der Waals surface area (Å²) in [5, 5.41) is 10.8. The van der Waals surface area contributed by atoms with Crippen molar-refractivity contribution >= 4 is 28.6 Å². The van der Waals surface area contributed by atoms with Crippen LogP contribution < -0.4 is 0 Å². The predicted octanol–water partition coefficient (Wildman–Crippen LogP) is 6.03. The average Bonchev–Trinajstić information content (AvgIpc) is 3.59. The van der Waals surface area contributed by atoms with E-state index in [2.05, 4.69) is 28.6 Å². The summed E-state index contributed by atoms with van der Waals surface area (Å²) in [6.45, 7) is 4.29. The number of para-hydroxylation sites is 1. The van der Waals surface area contributed by atoms with E-state index in [1.54, 1.807) is 11.8 Å². The first kappa shape index (κ1) is 21.6. The van der Waals surface area contributed by atoms with Crippen LogP contribution in [0.15, 0.2) is 59.8 Å². The Morgan fingerprint density at radius 1 is 1.09 bits per heavy atom. The minimum Gasteiger partial charge on any atom is -0.465 e. The standard InChI is InChI=1S/C26H26N4O2S/c1-16(2)24-28-29-26(30(24)18-13-14-18)33-15-21-23(25(31)32-3)22(17-9-5-4-6-10-17)19-11-7-8-12-20(19)27-21/h4-12,16,18H,13-15H2,1-3H3. The van der Waals surface area contributed by atoms with Gasteiger partial charge in [-0.2, -0.15) is 0 Å². The lowest BCUT2D eigenvalue weighted by Gasteiger charge is -2.16. The maximum absolute atomic E-state index is 13.1. The first-order valence-corrected chi connectivity index (χ1v) is 12.2. The highest BCUT2D eigenvalue weighted by molar-refractivity contribution is 7.98. The van der Waals surface area contributed by atoms with Crippen molar-refractivity contribution in [2.24, 2.45) is 0 Å². The van der Waals surface area contributed by atoms with Crippen molar-refractivity contribution in [3.8, 4) is 11.1 Å². The summed E-state index contributed by atoms with van der Waals surface area (Å²) in [5.74, 6) is 1.44. The fourth-order valence-electron chi connectivity index (χ4n) is 4.18. The molecule has 1 fully saturated rings. The van der Waals surface area contributed by atoms with Gasteiger partial charge in [-0.15, -0.1) is 10.2 Å². The number of methoxy groups -OCH3 is 1. The van der Waals surface area contributed by atoms with Gasteiger partial charge in [0.05, 0.1) is 23.9 Å². The van der Waals surface area contributed by atoms with Crippen LogP contribution in [0.2, 0.25) is 0 Å². The molecule has 0 amide bonds. The number of hydrogen-bond acceptors (Lipinski definition) is 6. The Kier molecular flexibility index (Phi) is 5.89. The summed E-state index contributed by atoms with van der Waals surface area (Å²) < 4.78 is 7.50. The number of pyridine rings is 1. The maximum Gasteiger partial charge on any atom is 0.340 e. The predicted molar refractivity (Wildman–Crippen MR) is 130 cm³/mol. The number of ether oxygens (including phenoxy) is 1. The number of carbonyl (C=O) groups excluding carboxylic acids is 1. The zero-order valence-electron chi connectivity index (χ0n) is 19.0. The molecule has 1 saturated carbocycles. The quantitative estimate of drug-likeness (QED) is 0.249. The van der Waals surface area contributed by atoms with Crippen LogP contribution in [0.1, 0.15) is 60.5 Å². The van der Waals surface area contributed by atoms with Gasteiger partial charge in [0.25, 0.3) is 0 Å². The number of fused-ring (bicyclic) bond motifs is 1. The summed E-state index contributed by atoms with van der Waals surface area (Å²) in [6.07, 6.45) is 2.32. The Hall–Kier alpha value is -3.19. The first-order chi connectivity index (χ1) is 16.1. The second kappa shape index (κ2) is 8.98. The van der Waals surface area contributed by atoms with E-state index < -0.39 is 0 Å². The average molecular weight is 459 g/mol. The zero-order chi connectivity index (χ0) is 22.9. The lowest BCUT2D eigenvalue weighted by atomic mass is 9.94. The van der Waals surface area contributed by atoms with Gasteiger partial charge in [-0.1, -0.05) is 74.1 Å². The molecule has 168 valence electrons. The van der Waals surface area contributed by atoms with Gasteiger partial charge in [-0.3, -0.25) is 4.98 Å². The Balaban J connectivity index is 1.62. The molecule has 2 aromatic heterocycles.